The Balaban J connectivity index is 2.12. The number of thiazole rings is 1. The van der Waals surface area contributed by atoms with E-state index in [2.05, 4.69) is 34.1 Å². The smallest absolute Gasteiger partial charge is 0.223 e. The molecule has 0 spiro atoms. The molecule has 4 nitrogen and oxygen atoms in total. The highest BCUT2D eigenvalue weighted by molar-refractivity contribution is 7.11. The zero-order chi connectivity index (χ0) is 13.1. The molecule has 1 unspecified atom stereocenters. The van der Waals surface area contributed by atoms with Gasteiger partial charge in [0.2, 0.25) is 5.95 Å². The van der Waals surface area contributed by atoms with Crippen LogP contribution in [0.5, 0.6) is 0 Å². The van der Waals surface area contributed by atoms with Crippen LogP contribution in [0.25, 0.3) is 0 Å². The van der Waals surface area contributed by atoms with E-state index in [1.54, 1.807) is 11.3 Å². The highest BCUT2D eigenvalue weighted by atomic mass is 32.1. The van der Waals surface area contributed by atoms with Crippen molar-refractivity contribution < 1.29 is 0 Å². The predicted molar refractivity (Wildman–Crippen MR) is 75.0 cm³/mol. The highest BCUT2D eigenvalue weighted by Gasteiger charge is 2.11. The summed E-state index contributed by atoms with van der Waals surface area (Å²) in [5, 5.41) is 4.38. The summed E-state index contributed by atoms with van der Waals surface area (Å²) in [4.78, 5) is 14.5. The van der Waals surface area contributed by atoms with E-state index in [4.69, 9.17) is 0 Å². The first-order valence-corrected chi connectivity index (χ1v) is 6.93. The number of aryl methyl sites for hydroxylation is 3. The summed E-state index contributed by atoms with van der Waals surface area (Å²) in [5.74, 6) is 0.674. The Morgan fingerprint density at radius 3 is 2.50 bits per heavy atom. The van der Waals surface area contributed by atoms with E-state index in [-0.39, 0.29) is 6.04 Å². The molecule has 18 heavy (non-hydrogen) atoms. The number of nitrogens with zero attached hydrogens (tertiary/aromatic N) is 3. The van der Waals surface area contributed by atoms with Gasteiger partial charge in [0, 0.05) is 22.5 Å². The van der Waals surface area contributed by atoms with Gasteiger partial charge < -0.3 is 5.32 Å². The first kappa shape index (κ1) is 13.0. The minimum absolute atomic E-state index is 0.136. The van der Waals surface area contributed by atoms with Crippen LogP contribution in [0, 0.1) is 13.8 Å². The normalized spacial score (nSPS) is 12.4. The van der Waals surface area contributed by atoms with Crippen LogP contribution in [0.2, 0.25) is 0 Å². The Morgan fingerprint density at radius 1 is 1.28 bits per heavy atom. The Bertz CT molecular complexity index is 515. The number of hydrogen-bond acceptors (Lipinski definition) is 5. The maximum atomic E-state index is 4.43. The lowest BCUT2D eigenvalue weighted by molar-refractivity contribution is 0.841. The summed E-state index contributed by atoms with van der Waals surface area (Å²) in [6.07, 6.45) is 2.98. The van der Waals surface area contributed by atoms with Crippen LogP contribution in [0.1, 0.15) is 41.2 Å². The zero-order valence-corrected chi connectivity index (χ0v) is 12.0. The second kappa shape index (κ2) is 5.44. The number of nitrogens with one attached hydrogen (secondary N) is 1. The minimum Gasteiger partial charge on any atom is -0.345 e. The SMILES string of the molecule is CCc1cnc(C(C)Nc2nc(C)cc(C)n2)s1. The van der Waals surface area contributed by atoms with Crippen LogP contribution in [0.4, 0.5) is 5.95 Å². The molecule has 0 fully saturated rings. The summed E-state index contributed by atoms with van der Waals surface area (Å²) in [6, 6.07) is 2.10. The van der Waals surface area contributed by atoms with Gasteiger partial charge in [-0.05, 0) is 33.3 Å². The van der Waals surface area contributed by atoms with E-state index < -0.39 is 0 Å². The maximum absolute atomic E-state index is 4.43. The van der Waals surface area contributed by atoms with Crippen molar-refractivity contribution in [2.45, 2.75) is 40.2 Å². The lowest BCUT2D eigenvalue weighted by Gasteiger charge is -2.11. The van der Waals surface area contributed by atoms with E-state index in [9.17, 15) is 0 Å². The van der Waals surface area contributed by atoms with Crippen molar-refractivity contribution >= 4 is 17.3 Å². The fourth-order valence-electron chi connectivity index (χ4n) is 1.73. The standard InChI is InChI=1S/C13H18N4S/c1-5-11-7-14-12(18-11)10(4)17-13-15-8(2)6-9(3)16-13/h6-7,10H,5H2,1-4H3,(H,15,16,17). The van der Waals surface area contributed by atoms with Crippen LogP contribution in [0.3, 0.4) is 0 Å². The van der Waals surface area contributed by atoms with Crippen molar-refractivity contribution in [3.63, 3.8) is 0 Å². The fraction of sp³-hybridized carbons (Fsp3) is 0.462. The van der Waals surface area contributed by atoms with Gasteiger partial charge in [0.25, 0.3) is 0 Å². The Morgan fingerprint density at radius 2 is 1.94 bits per heavy atom. The lowest BCUT2D eigenvalue weighted by Crippen LogP contribution is -2.10. The molecule has 1 N–H and O–H groups in total. The average Bonchev–Trinajstić information content (AvgIpc) is 2.75. The molecular weight excluding hydrogens is 244 g/mol. The molecule has 0 aromatic carbocycles. The van der Waals surface area contributed by atoms with Gasteiger partial charge in [-0.25, -0.2) is 15.0 Å². The van der Waals surface area contributed by atoms with Gasteiger partial charge in [0.15, 0.2) is 0 Å². The van der Waals surface area contributed by atoms with Crippen LogP contribution in [-0.2, 0) is 6.42 Å². The van der Waals surface area contributed by atoms with Crippen molar-refractivity contribution in [1.82, 2.24) is 15.0 Å². The third-order valence-electron chi connectivity index (χ3n) is 2.62. The highest BCUT2D eigenvalue weighted by Crippen LogP contribution is 2.22. The molecule has 2 heterocycles. The van der Waals surface area contributed by atoms with Gasteiger partial charge >= 0.3 is 0 Å². The van der Waals surface area contributed by atoms with Crippen LogP contribution < -0.4 is 5.32 Å². The van der Waals surface area contributed by atoms with Crippen LogP contribution in [0.15, 0.2) is 12.3 Å². The van der Waals surface area contributed by atoms with Crippen molar-refractivity contribution in [3.8, 4) is 0 Å². The Labute approximate surface area is 112 Å². The van der Waals surface area contributed by atoms with Gasteiger partial charge in [-0.15, -0.1) is 11.3 Å². The number of aromatic nitrogens is 3. The third kappa shape index (κ3) is 3.04. The lowest BCUT2D eigenvalue weighted by atomic mass is 10.3. The first-order chi connectivity index (χ1) is 8.58. The molecule has 2 rings (SSSR count). The second-order valence-electron chi connectivity index (χ2n) is 4.36. The minimum atomic E-state index is 0.136. The van der Waals surface area contributed by atoms with Crippen molar-refractivity contribution in [3.05, 3.63) is 33.5 Å². The molecule has 0 amide bonds. The molecule has 0 aliphatic rings. The molecule has 0 saturated heterocycles. The molecule has 0 saturated carbocycles. The van der Waals surface area contributed by atoms with E-state index in [1.807, 2.05) is 26.1 Å². The molecule has 2 aromatic heterocycles. The quantitative estimate of drug-likeness (QED) is 0.918. The van der Waals surface area contributed by atoms with E-state index in [0.29, 0.717) is 5.95 Å². The topological polar surface area (TPSA) is 50.7 Å². The Kier molecular flexibility index (Phi) is 3.91. The molecule has 0 aliphatic carbocycles. The first-order valence-electron chi connectivity index (χ1n) is 6.12. The van der Waals surface area contributed by atoms with Crippen molar-refractivity contribution in [2.75, 3.05) is 5.32 Å². The molecular formula is C13H18N4S. The molecule has 0 radical (unpaired) electrons. The van der Waals surface area contributed by atoms with Crippen LogP contribution >= 0.6 is 11.3 Å². The Hall–Kier alpha value is -1.49. The molecule has 96 valence electrons. The maximum Gasteiger partial charge on any atom is 0.223 e. The summed E-state index contributed by atoms with van der Waals surface area (Å²) in [6.45, 7) is 8.17. The average molecular weight is 262 g/mol. The molecule has 0 bridgehead atoms. The van der Waals surface area contributed by atoms with Gasteiger partial charge in [-0.3, -0.25) is 0 Å². The summed E-state index contributed by atoms with van der Waals surface area (Å²) in [5.41, 5.74) is 1.95. The molecule has 0 aliphatic heterocycles. The summed E-state index contributed by atoms with van der Waals surface area (Å²) < 4.78 is 0. The van der Waals surface area contributed by atoms with Gasteiger partial charge in [0.05, 0.1) is 6.04 Å². The fourth-order valence-corrected chi connectivity index (χ4v) is 2.59. The van der Waals surface area contributed by atoms with Gasteiger partial charge in [-0.1, -0.05) is 6.92 Å². The van der Waals surface area contributed by atoms with E-state index >= 15 is 0 Å². The van der Waals surface area contributed by atoms with Gasteiger partial charge in [0.1, 0.15) is 5.01 Å². The number of anilines is 1. The van der Waals surface area contributed by atoms with Crippen LogP contribution in [-0.4, -0.2) is 15.0 Å². The molecule has 1 atom stereocenters. The third-order valence-corrected chi connectivity index (χ3v) is 3.94. The van der Waals surface area contributed by atoms with E-state index in [1.165, 1.54) is 4.88 Å². The summed E-state index contributed by atoms with van der Waals surface area (Å²) in [7, 11) is 0. The predicted octanol–water partition coefficient (Wildman–Crippen LogP) is 3.29. The summed E-state index contributed by atoms with van der Waals surface area (Å²) >= 11 is 1.74. The second-order valence-corrected chi connectivity index (χ2v) is 5.51. The monoisotopic (exact) mass is 262 g/mol. The molecule has 5 heteroatoms. The van der Waals surface area contributed by atoms with Crippen molar-refractivity contribution in [1.29, 1.82) is 0 Å². The zero-order valence-electron chi connectivity index (χ0n) is 11.2. The number of rotatable bonds is 4. The largest absolute Gasteiger partial charge is 0.345 e. The molecule has 2 aromatic rings. The van der Waals surface area contributed by atoms with Gasteiger partial charge in [-0.2, -0.15) is 0 Å². The van der Waals surface area contributed by atoms with Crippen molar-refractivity contribution in [2.24, 2.45) is 0 Å². The van der Waals surface area contributed by atoms with E-state index in [0.717, 1.165) is 22.8 Å². The number of hydrogen-bond donors (Lipinski definition) is 1.